The predicted molar refractivity (Wildman–Crippen MR) is 88.7 cm³/mol. The summed E-state index contributed by atoms with van der Waals surface area (Å²) in [6.45, 7) is 3.77. The van der Waals surface area contributed by atoms with Gasteiger partial charge in [0.25, 0.3) is 0 Å². The zero-order valence-corrected chi connectivity index (χ0v) is 13.5. The summed E-state index contributed by atoms with van der Waals surface area (Å²) in [5.41, 5.74) is 8.93. The molecule has 0 amide bonds. The molecule has 3 N–H and O–H groups in total. The van der Waals surface area contributed by atoms with Crippen LogP contribution in [0.5, 0.6) is 5.75 Å². The number of thiocarbonyl (C=S) groups is 1. The first-order valence-electron chi connectivity index (χ1n) is 6.18. The van der Waals surface area contributed by atoms with Gasteiger partial charge < -0.3 is 15.8 Å². The molecule has 7 heteroatoms. The van der Waals surface area contributed by atoms with Gasteiger partial charge in [0.05, 0.1) is 23.4 Å². The minimum absolute atomic E-state index is 0.272. The molecule has 0 spiro atoms. The van der Waals surface area contributed by atoms with Crippen LogP contribution in [0.25, 0.3) is 0 Å². The first-order chi connectivity index (χ1) is 9.93. The third-order valence-corrected chi connectivity index (χ3v) is 3.63. The summed E-state index contributed by atoms with van der Waals surface area (Å²) in [5, 5.41) is 11.9. The van der Waals surface area contributed by atoms with Gasteiger partial charge in [-0.1, -0.05) is 23.8 Å². The van der Waals surface area contributed by atoms with Gasteiger partial charge in [-0.15, -0.1) is 5.10 Å². The van der Waals surface area contributed by atoms with E-state index in [1.54, 1.807) is 19.2 Å². The number of hydrogen-bond acceptors (Lipinski definition) is 5. The minimum atomic E-state index is 0.272. The van der Waals surface area contributed by atoms with E-state index < -0.39 is 0 Å². The number of aryl methyl sites for hydroxylation is 1. The van der Waals surface area contributed by atoms with Gasteiger partial charge in [0.1, 0.15) is 10.7 Å². The third-order valence-electron chi connectivity index (χ3n) is 3.11. The van der Waals surface area contributed by atoms with Crippen LogP contribution in [0.4, 0.5) is 11.5 Å². The molecule has 1 aromatic carbocycles. The monoisotopic (exact) mass is 322 g/mol. The van der Waals surface area contributed by atoms with E-state index in [4.69, 9.17) is 34.3 Å². The van der Waals surface area contributed by atoms with Crippen LogP contribution in [0, 0.1) is 13.8 Å². The highest BCUT2D eigenvalue weighted by molar-refractivity contribution is 7.80. The van der Waals surface area contributed by atoms with E-state index >= 15 is 0 Å². The fourth-order valence-corrected chi connectivity index (χ4v) is 2.32. The van der Waals surface area contributed by atoms with Crippen LogP contribution in [0.2, 0.25) is 5.02 Å². The van der Waals surface area contributed by atoms with E-state index in [2.05, 4.69) is 15.5 Å². The van der Waals surface area contributed by atoms with Crippen molar-refractivity contribution >= 4 is 40.3 Å². The normalized spacial score (nSPS) is 10.3. The van der Waals surface area contributed by atoms with Crippen molar-refractivity contribution in [2.75, 3.05) is 12.4 Å². The van der Waals surface area contributed by atoms with Gasteiger partial charge >= 0.3 is 0 Å². The summed E-state index contributed by atoms with van der Waals surface area (Å²) in [7, 11) is 1.56. The molecule has 0 aliphatic heterocycles. The molecule has 1 aromatic heterocycles. The number of nitrogens with two attached hydrogens (primary N) is 1. The van der Waals surface area contributed by atoms with E-state index in [0.29, 0.717) is 22.2 Å². The van der Waals surface area contributed by atoms with Crippen LogP contribution in [0.3, 0.4) is 0 Å². The lowest BCUT2D eigenvalue weighted by Crippen LogP contribution is -2.16. The maximum absolute atomic E-state index is 6.01. The van der Waals surface area contributed by atoms with E-state index in [9.17, 15) is 0 Å². The quantitative estimate of drug-likeness (QED) is 0.842. The second kappa shape index (κ2) is 6.24. The number of halogens is 1. The van der Waals surface area contributed by atoms with Crippen molar-refractivity contribution in [1.29, 1.82) is 0 Å². The predicted octanol–water partition coefficient (Wildman–Crippen LogP) is 3.13. The van der Waals surface area contributed by atoms with E-state index in [1.165, 1.54) is 0 Å². The Hall–Kier alpha value is -1.92. The molecule has 0 saturated heterocycles. The summed E-state index contributed by atoms with van der Waals surface area (Å²) in [6, 6.07) is 5.31. The second-order valence-electron chi connectivity index (χ2n) is 4.47. The lowest BCUT2D eigenvalue weighted by atomic mass is 10.1. The molecule has 110 valence electrons. The summed E-state index contributed by atoms with van der Waals surface area (Å²) in [4.78, 5) is 0.272. The summed E-state index contributed by atoms with van der Waals surface area (Å²) in [5.74, 6) is 1.07. The van der Waals surface area contributed by atoms with E-state index in [1.807, 2.05) is 19.9 Å². The zero-order valence-electron chi connectivity index (χ0n) is 11.9. The second-order valence-corrected chi connectivity index (χ2v) is 5.32. The maximum atomic E-state index is 6.01. The van der Waals surface area contributed by atoms with E-state index in [-0.39, 0.29) is 4.99 Å². The summed E-state index contributed by atoms with van der Waals surface area (Å²) >= 11 is 11.1. The Labute approximate surface area is 133 Å². The molecular weight excluding hydrogens is 308 g/mol. The van der Waals surface area contributed by atoms with Gasteiger partial charge in [-0.05, 0) is 31.5 Å². The highest BCUT2D eigenvalue weighted by atomic mass is 35.5. The average molecular weight is 323 g/mol. The number of nitrogens with one attached hydrogen (secondary N) is 1. The lowest BCUT2D eigenvalue weighted by molar-refractivity contribution is 0.415. The molecule has 0 radical (unpaired) electrons. The van der Waals surface area contributed by atoms with Gasteiger partial charge in [-0.25, -0.2) is 0 Å². The number of aromatic nitrogens is 2. The third kappa shape index (κ3) is 3.22. The Morgan fingerprint density at radius 3 is 2.67 bits per heavy atom. The molecular formula is C14H15ClN4OS. The van der Waals surface area contributed by atoms with Crippen molar-refractivity contribution in [3.63, 3.8) is 0 Å². The Kier molecular flexibility index (Phi) is 4.59. The molecule has 2 aromatic rings. The number of rotatable bonds is 4. The molecule has 5 nitrogen and oxygen atoms in total. The van der Waals surface area contributed by atoms with Crippen LogP contribution in [0.15, 0.2) is 18.2 Å². The average Bonchev–Trinajstić information content (AvgIpc) is 2.44. The van der Waals surface area contributed by atoms with Crippen molar-refractivity contribution in [2.45, 2.75) is 13.8 Å². The zero-order chi connectivity index (χ0) is 15.6. The fraction of sp³-hybridized carbons (Fsp3) is 0.214. The topological polar surface area (TPSA) is 73.1 Å². The highest BCUT2D eigenvalue weighted by Crippen LogP contribution is 2.29. The highest BCUT2D eigenvalue weighted by Gasteiger charge is 2.14. The Bertz CT molecular complexity index is 706. The Morgan fingerprint density at radius 2 is 2.05 bits per heavy atom. The number of ether oxygens (including phenoxy) is 1. The number of methoxy groups -OCH3 is 1. The van der Waals surface area contributed by atoms with Crippen LogP contribution in [-0.4, -0.2) is 22.3 Å². The lowest BCUT2D eigenvalue weighted by Gasteiger charge is -2.14. The van der Waals surface area contributed by atoms with Crippen molar-refractivity contribution in [1.82, 2.24) is 10.2 Å². The minimum Gasteiger partial charge on any atom is -0.495 e. The molecule has 0 bridgehead atoms. The Balaban J connectivity index is 2.44. The number of benzene rings is 1. The molecule has 0 atom stereocenters. The molecule has 0 fully saturated rings. The van der Waals surface area contributed by atoms with Gasteiger partial charge in [0.2, 0.25) is 0 Å². The molecule has 0 saturated carbocycles. The first-order valence-corrected chi connectivity index (χ1v) is 6.97. The fourth-order valence-electron chi connectivity index (χ4n) is 1.87. The largest absolute Gasteiger partial charge is 0.495 e. The number of anilines is 2. The molecule has 0 aliphatic rings. The van der Waals surface area contributed by atoms with Crippen LogP contribution in [-0.2, 0) is 0 Å². The van der Waals surface area contributed by atoms with Crippen molar-refractivity contribution < 1.29 is 4.74 Å². The van der Waals surface area contributed by atoms with Gasteiger partial charge in [0.15, 0.2) is 5.82 Å². The van der Waals surface area contributed by atoms with Gasteiger partial charge in [-0.3, -0.25) is 0 Å². The summed E-state index contributed by atoms with van der Waals surface area (Å²) in [6.07, 6.45) is 0. The number of hydrogen-bond donors (Lipinski definition) is 2. The first kappa shape index (κ1) is 15.5. The maximum Gasteiger partial charge on any atom is 0.163 e. The van der Waals surface area contributed by atoms with Crippen LogP contribution in [0.1, 0.15) is 16.8 Å². The molecule has 0 unspecified atom stereocenters. The van der Waals surface area contributed by atoms with Gasteiger partial charge in [0, 0.05) is 11.8 Å². The molecule has 0 aliphatic carbocycles. The molecule has 2 rings (SSSR count). The van der Waals surface area contributed by atoms with Crippen LogP contribution < -0.4 is 15.8 Å². The van der Waals surface area contributed by atoms with Crippen molar-refractivity contribution in [2.24, 2.45) is 5.73 Å². The smallest absolute Gasteiger partial charge is 0.163 e. The van der Waals surface area contributed by atoms with Crippen molar-refractivity contribution in [3.05, 3.63) is 40.0 Å². The standard InChI is InChI=1S/C14H15ClN4OS/c1-7-8(2)18-19-14(12(7)13(16)21)17-9-4-5-10(15)11(6-9)20-3/h4-6H,1-3H3,(H2,16,21)(H,17,19). The molecule has 1 heterocycles. The van der Waals surface area contributed by atoms with Crippen molar-refractivity contribution in [3.8, 4) is 5.75 Å². The summed E-state index contributed by atoms with van der Waals surface area (Å²) < 4.78 is 5.19. The number of nitrogens with zero attached hydrogens (tertiary/aromatic N) is 2. The van der Waals surface area contributed by atoms with Gasteiger partial charge in [-0.2, -0.15) is 5.10 Å². The van der Waals surface area contributed by atoms with Crippen LogP contribution >= 0.6 is 23.8 Å². The SMILES string of the molecule is COc1cc(Nc2nnc(C)c(C)c2C(N)=S)ccc1Cl. The van der Waals surface area contributed by atoms with E-state index in [0.717, 1.165) is 16.9 Å². The molecule has 21 heavy (non-hydrogen) atoms. The Morgan fingerprint density at radius 1 is 1.33 bits per heavy atom.